The number of anilines is 1. The number of para-hydroxylation sites is 1. The number of hydrogen-bond acceptors (Lipinski definition) is 3. The first-order valence-electron chi connectivity index (χ1n) is 5.52. The highest BCUT2D eigenvalue weighted by molar-refractivity contribution is 9.10. The summed E-state index contributed by atoms with van der Waals surface area (Å²) >= 11 is 3.42. The Morgan fingerprint density at radius 3 is 2.94 bits per heavy atom. The Hall–Kier alpha value is -1.07. The number of benzene rings is 1. The molecular formula is C12H14BrNO3. The van der Waals surface area contributed by atoms with Gasteiger partial charge in [0.1, 0.15) is 0 Å². The van der Waals surface area contributed by atoms with E-state index in [-0.39, 0.29) is 18.6 Å². The summed E-state index contributed by atoms with van der Waals surface area (Å²) in [5.41, 5.74) is 0.806. The number of cyclic esters (lactones) is 1. The van der Waals surface area contributed by atoms with E-state index in [1.54, 1.807) is 4.90 Å². The molecular weight excluding hydrogens is 286 g/mol. The van der Waals surface area contributed by atoms with Crippen molar-refractivity contribution >= 4 is 27.7 Å². The number of carbonyl (C=O) groups is 1. The molecule has 0 aromatic heterocycles. The van der Waals surface area contributed by atoms with Crippen LogP contribution in [0.5, 0.6) is 0 Å². The number of amides is 1. The van der Waals surface area contributed by atoms with E-state index in [4.69, 9.17) is 9.84 Å². The average molecular weight is 300 g/mol. The van der Waals surface area contributed by atoms with Crippen LogP contribution in [-0.4, -0.2) is 31.0 Å². The average Bonchev–Trinajstić information content (AvgIpc) is 2.33. The standard InChI is InChI=1S/C12H14BrNO3/c13-10-3-1-2-4-11(10)14-7-9(5-6-15)8-17-12(14)16/h1-4,9,15H,5-8H2. The van der Waals surface area contributed by atoms with Gasteiger partial charge in [-0.2, -0.15) is 0 Å². The van der Waals surface area contributed by atoms with Crippen molar-refractivity contribution in [3.05, 3.63) is 28.7 Å². The fraction of sp³-hybridized carbons (Fsp3) is 0.417. The maximum absolute atomic E-state index is 11.7. The van der Waals surface area contributed by atoms with Crippen molar-refractivity contribution < 1.29 is 14.6 Å². The normalized spacial score (nSPS) is 20.2. The van der Waals surface area contributed by atoms with Crippen LogP contribution in [0.25, 0.3) is 0 Å². The molecule has 1 atom stereocenters. The third-order valence-corrected chi connectivity index (χ3v) is 3.45. The van der Waals surface area contributed by atoms with Gasteiger partial charge < -0.3 is 9.84 Å². The lowest BCUT2D eigenvalue weighted by atomic mass is 10.1. The fourth-order valence-corrected chi connectivity index (χ4v) is 2.38. The van der Waals surface area contributed by atoms with Crippen LogP contribution >= 0.6 is 15.9 Å². The SMILES string of the molecule is O=C1OCC(CCO)CN1c1ccccc1Br. The minimum atomic E-state index is -0.328. The van der Waals surface area contributed by atoms with E-state index in [2.05, 4.69) is 15.9 Å². The van der Waals surface area contributed by atoms with Gasteiger partial charge in [-0.25, -0.2) is 4.79 Å². The number of halogens is 1. The number of rotatable bonds is 3. The number of aliphatic hydroxyl groups is 1. The van der Waals surface area contributed by atoms with Crippen LogP contribution in [0.15, 0.2) is 28.7 Å². The lowest BCUT2D eigenvalue weighted by Gasteiger charge is -2.32. The van der Waals surface area contributed by atoms with Crippen LogP contribution in [0.4, 0.5) is 10.5 Å². The van der Waals surface area contributed by atoms with E-state index in [0.717, 1.165) is 10.2 Å². The lowest BCUT2D eigenvalue weighted by molar-refractivity contribution is 0.104. The Morgan fingerprint density at radius 2 is 2.24 bits per heavy atom. The Bertz CT molecular complexity index is 410. The molecule has 92 valence electrons. The van der Waals surface area contributed by atoms with Gasteiger partial charge in [-0.15, -0.1) is 0 Å². The van der Waals surface area contributed by atoms with Crippen molar-refractivity contribution in [1.29, 1.82) is 0 Å². The molecule has 1 aromatic rings. The second kappa shape index (κ2) is 5.51. The molecule has 0 spiro atoms. The van der Waals surface area contributed by atoms with E-state index in [0.29, 0.717) is 19.6 Å². The van der Waals surface area contributed by atoms with E-state index >= 15 is 0 Å². The number of hydrogen-bond donors (Lipinski definition) is 1. The second-order valence-corrected chi connectivity index (χ2v) is 4.87. The molecule has 1 aromatic carbocycles. The molecule has 1 saturated heterocycles. The summed E-state index contributed by atoms with van der Waals surface area (Å²) in [6.45, 7) is 1.09. The van der Waals surface area contributed by atoms with Crippen molar-refractivity contribution in [2.45, 2.75) is 6.42 Å². The Labute approximate surface area is 108 Å². The first-order valence-corrected chi connectivity index (χ1v) is 6.31. The zero-order valence-corrected chi connectivity index (χ0v) is 10.9. The molecule has 1 N–H and O–H groups in total. The first kappa shape index (κ1) is 12.4. The summed E-state index contributed by atoms with van der Waals surface area (Å²) in [7, 11) is 0. The highest BCUT2D eigenvalue weighted by Gasteiger charge is 2.28. The Morgan fingerprint density at radius 1 is 1.47 bits per heavy atom. The summed E-state index contributed by atoms with van der Waals surface area (Å²) in [6.07, 6.45) is 0.319. The van der Waals surface area contributed by atoms with Crippen LogP contribution in [0, 0.1) is 5.92 Å². The minimum absolute atomic E-state index is 0.117. The van der Waals surface area contributed by atoms with Crippen LogP contribution in [0.3, 0.4) is 0 Å². The first-order chi connectivity index (χ1) is 8.22. The van der Waals surface area contributed by atoms with Gasteiger partial charge in [0.2, 0.25) is 0 Å². The Kier molecular flexibility index (Phi) is 4.02. The number of carbonyl (C=O) groups excluding carboxylic acids is 1. The summed E-state index contributed by atoms with van der Waals surface area (Å²) in [5.74, 6) is 0.185. The second-order valence-electron chi connectivity index (χ2n) is 4.02. The van der Waals surface area contributed by atoms with Crippen molar-refractivity contribution in [3.63, 3.8) is 0 Å². The van der Waals surface area contributed by atoms with Gasteiger partial charge in [0.15, 0.2) is 0 Å². The van der Waals surface area contributed by atoms with Gasteiger partial charge in [0.05, 0.1) is 12.3 Å². The molecule has 0 aliphatic carbocycles. The molecule has 4 nitrogen and oxygen atoms in total. The largest absolute Gasteiger partial charge is 0.449 e. The molecule has 5 heteroatoms. The third kappa shape index (κ3) is 2.79. The van der Waals surface area contributed by atoms with E-state index < -0.39 is 0 Å². The summed E-state index contributed by atoms with van der Waals surface area (Å²) in [5, 5.41) is 8.93. The van der Waals surface area contributed by atoms with Crippen LogP contribution in [0.1, 0.15) is 6.42 Å². The molecule has 1 aliphatic rings. The van der Waals surface area contributed by atoms with Crippen LogP contribution < -0.4 is 4.90 Å². The predicted molar refractivity (Wildman–Crippen MR) is 68.0 cm³/mol. The smallest absolute Gasteiger partial charge is 0.414 e. The van der Waals surface area contributed by atoms with Crippen molar-refractivity contribution in [2.24, 2.45) is 5.92 Å². The van der Waals surface area contributed by atoms with Crippen molar-refractivity contribution in [3.8, 4) is 0 Å². The van der Waals surface area contributed by atoms with E-state index in [1.807, 2.05) is 24.3 Å². The lowest BCUT2D eigenvalue weighted by Crippen LogP contribution is -2.43. The number of aliphatic hydroxyl groups excluding tert-OH is 1. The van der Waals surface area contributed by atoms with E-state index in [1.165, 1.54) is 0 Å². The maximum atomic E-state index is 11.7. The molecule has 0 bridgehead atoms. The van der Waals surface area contributed by atoms with Gasteiger partial charge in [-0.3, -0.25) is 4.90 Å². The zero-order chi connectivity index (χ0) is 12.3. The highest BCUT2D eigenvalue weighted by Crippen LogP contribution is 2.29. The zero-order valence-electron chi connectivity index (χ0n) is 9.30. The molecule has 1 heterocycles. The summed E-state index contributed by atoms with van der Waals surface area (Å²) < 4.78 is 5.98. The molecule has 0 saturated carbocycles. The molecule has 1 aliphatic heterocycles. The molecule has 2 rings (SSSR count). The van der Waals surface area contributed by atoms with Crippen molar-refractivity contribution in [1.82, 2.24) is 0 Å². The monoisotopic (exact) mass is 299 g/mol. The van der Waals surface area contributed by atoms with Gasteiger partial charge >= 0.3 is 6.09 Å². The van der Waals surface area contributed by atoms with Gasteiger partial charge in [0, 0.05) is 23.5 Å². The molecule has 17 heavy (non-hydrogen) atoms. The van der Waals surface area contributed by atoms with Crippen molar-refractivity contribution in [2.75, 3.05) is 24.7 Å². The molecule has 1 unspecified atom stereocenters. The molecule has 1 fully saturated rings. The fourth-order valence-electron chi connectivity index (χ4n) is 1.88. The minimum Gasteiger partial charge on any atom is -0.449 e. The number of ether oxygens (including phenoxy) is 1. The Balaban J connectivity index is 2.18. The van der Waals surface area contributed by atoms with Crippen LogP contribution in [0.2, 0.25) is 0 Å². The number of nitrogens with zero attached hydrogens (tertiary/aromatic N) is 1. The predicted octanol–water partition coefficient (Wildman–Crippen LogP) is 2.40. The van der Waals surface area contributed by atoms with Gasteiger partial charge in [-0.1, -0.05) is 12.1 Å². The van der Waals surface area contributed by atoms with Gasteiger partial charge in [-0.05, 0) is 34.5 Å². The maximum Gasteiger partial charge on any atom is 0.414 e. The third-order valence-electron chi connectivity index (χ3n) is 2.78. The highest BCUT2D eigenvalue weighted by atomic mass is 79.9. The molecule has 0 radical (unpaired) electrons. The van der Waals surface area contributed by atoms with Gasteiger partial charge in [0.25, 0.3) is 0 Å². The van der Waals surface area contributed by atoms with E-state index in [9.17, 15) is 4.79 Å². The van der Waals surface area contributed by atoms with Crippen LogP contribution in [-0.2, 0) is 4.74 Å². The summed E-state index contributed by atoms with van der Waals surface area (Å²) in [4.78, 5) is 13.3. The quantitative estimate of drug-likeness (QED) is 0.932. The topological polar surface area (TPSA) is 49.8 Å². The molecule has 1 amide bonds. The summed E-state index contributed by atoms with van der Waals surface area (Å²) in [6, 6.07) is 7.53.